The highest BCUT2D eigenvalue weighted by Crippen LogP contribution is 2.76. The van der Waals surface area contributed by atoms with Crippen LogP contribution in [0.2, 0.25) is 0 Å². The van der Waals surface area contributed by atoms with Gasteiger partial charge in [0.05, 0.1) is 49.7 Å². The van der Waals surface area contributed by atoms with E-state index in [1.165, 1.54) is 6.92 Å². The van der Waals surface area contributed by atoms with Crippen LogP contribution in [0.5, 0.6) is 0 Å². The van der Waals surface area contributed by atoms with Crippen molar-refractivity contribution >= 4 is 11.9 Å². The molecule has 4 aliphatic heterocycles. The normalized spacial score (nSPS) is 52.4. The summed E-state index contributed by atoms with van der Waals surface area (Å²) in [5.41, 5.74) is -3.53. The maximum atomic E-state index is 13.5. The minimum Gasteiger partial charge on any atom is -0.479 e. The van der Waals surface area contributed by atoms with Crippen LogP contribution in [0.25, 0.3) is 0 Å². The molecule has 0 aromatic heterocycles. The Morgan fingerprint density at radius 2 is 1.19 bits per heavy atom. The van der Waals surface area contributed by atoms with E-state index in [4.69, 9.17) is 42.6 Å². The summed E-state index contributed by atoms with van der Waals surface area (Å²) < 4.78 is 54.7. The minimum absolute atomic E-state index is 0.121. The van der Waals surface area contributed by atoms with Crippen LogP contribution < -0.4 is 0 Å². The maximum absolute atomic E-state index is 13.5. The molecule has 9 aliphatic rings. The van der Waals surface area contributed by atoms with Crippen molar-refractivity contribution in [3.63, 3.8) is 0 Å². The Hall–Kier alpha value is -2.46. The van der Waals surface area contributed by atoms with Crippen LogP contribution in [0.3, 0.4) is 0 Å². The molecule has 4 heterocycles. The number of carboxylic acid groups (broad SMARTS) is 1. The molecular formula is C59H94O26. The molecule has 9 rings (SSSR count). The standard InChI is InChI=1S/C59H94O26/c1-11-23(2)49(76)80-32-19-54(4,5)18-26-25-12-13-30-56(8)16-15-31(55(6,7)29(56)14-17-57(30,9)58(25,10)46(72)47(73)59(26,32)22-62)81-53-45(85-51-39(69)36(66)34(64)27(20-60)78-51)43(41(71)44(84-53)48(74)75)83-52-40(70)37(67)42(28(21-61)79-52)82-50-38(68)35(65)33(63)24(3)77-50/h11-12,24,26-47,50-53,60-73H,13-22H2,1-10H3,(H,74,75)/b23-11-/t24-,26-,27+,28+,29-,30+,31-,32-,33-,34+,35+,36-,37+,38+,39+,40+,41-,42-,43-,44-,45+,46-,47+,50-,51-,52-,53+,56-,57+,58-,59+/m0/s1. The van der Waals surface area contributed by atoms with Gasteiger partial charge in [-0.2, -0.15) is 0 Å². The molecular weight excluding hydrogens is 1120 g/mol. The molecule has 85 heavy (non-hydrogen) atoms. The van der Waals surface area contributed by atoms with E-state index in [9.17, 15) is 86.2 Å². The number of carbonyl (C=O) groups excluding carboxylic acids is 1. The van der Waals surface area contributed by atoms with Gasteiger partial charge in [-0.05, 0) is 105 Å². The van der Waals surface area contributed by atoms with Gasteiger partial charge >= 0.3 is 11.9 Å². The fraction of sp³-hybridized carbons (Fsp3) is 0.898. The molecule has 0 radical (unpaired) electrons. The highest BCUT2D eigenvalue weighted by molar-refractivity contribution is 5.87. The molecule has 8 fully saturated rings. The summed E-state index contributed by atoms with van der Waals surface area (Å²) in [5, 5.41) is 168. The maximum Gasteiger partial charge on any atom is 0.335 e. The lowest BCUT2D eigenvalue weighted by molar-refractivity contribution is -0.401. The molecule has 0 aromatic carbocycles. The van der Waals surface area contributed by atoms with E-state index in [0.29, 0.717) is 44.1 Å². The molecule has 0 spiro atoms. The van der Waals surface area contributed by atoms with Gasteiger partial charge in [0.2, 0.25) is 0 Å². The van der Waals surface area contributed by atoms with Crippen LogP contribution in [0, 0.1) is 50.2 Å². The number of hydrogen-bond donors (Lipinski definition) is 15. The predicted octanol–water partition coefficient (Wildman–Crippen LogP) is -2.01. The Labute approximate surface area is 494 Å². The third-order valence-corrected chi connectivity index (χ3v) is 22.6. The zero-order valence-corrected chi connectivity index (χ0v) is 50.0. The lowest BCUT2D eigenvalue weighted by Gasteiger charge is -2.73. The Morgan fingerprint density at radius 1 is 0.612 bits per heavy atom. The molecule has 486 valence electrons. The summed E-state index contributed by atoms with van der Waals surface area (Å²) in [6, 6.07) is 0. The molecule has 0 unspecified atom stereocenters. The average molecular weight is 1220 g/mol. The highest BCUT2D eigenvalue weighted by Gasteiger charge is 2.75. The van der Waals surface area contributed by atoms with Gasteiger partial charge in [-0.25, -0.2) is 9.59 Å². The van der Waals surface area contributed by atoms with Crippen LogP contribution >= 0.6 is 0 Å². The molecule has 5 aliphatic carbocycles. The second-order valence-electron chi connectivity index (χ2n) is 27.9. The first-order valence-electron chi connectivity index (χ1n) is 30.0. The third kappa shape index (κ3) is 10.8. The Kier molecular flexibility index (Phi) is 19.1. The number of fused-ring (bicyclic) bond motifs is 7. The van der Waals surface area contributed by atoms with Gasteiger partial charge in [-0.15, -0.1) is 0 Å². The van der Waals surface area contributed by atoms with E-state index in [0.717, 1.165) is 5.57 Å². The van der Waals surface area contributed by atoms with Crippen molar-refractivity contribution in [1.82, 2.24) is 0 Å². The van der Waals surface area contributed by atoms with Crippen molar-refractivity contribution in [2.24, 2.45) is 50.2 Å². The number of aliphatic hydroxyl groups is 14. The smallest absolute Gasteiger partial charge is 0.335 e. The summed E-state index contributed by atoms with van der Waals surface area (Å²) in [5.74, 6) is -3.04. The van der Waals surface area contributed by atoms with E-state index in [1.807, 2.05) is 20.8 Å². The Morgan fingerprint density at radius 3 is 1.79 bits per heavy atom. The van der Waals surface area contributed by atoms with Gasteiger partial charge < -0.3 is 119 Å². The van der Waals surface area contributed by atoms with Gasteiger partial charge in [-0.3, -0.25) is 0 Å². The van der Waals surface area contributed by atoms with Gasteiger partial charge in [0.1, 0.15) is 91.6 Å². The number of ether oxygens (including phenoxy) is 9. The largest absolute Gasteiger partial charge is 0.479 e. The number of allylic oxidation sites excluding steroid dienone is 2. The van der Waals surface area contributed by atoms with Gasteiger partial charge in [-0.1, -0.05) is 66.2 Å². The number of carboxylic acids is 1. The number of esters is 1. The van der Waals surface area contributed by atoms with E-state index in [1.54, 1.807) is 19.9 Å². The van der Waals surface area contributed by atoms with Crippen molar-refractivity contribution in [2.45, 2.75) is 261 Å². The fourth-order valence-corrected chi connectivity index (χ4v) is 17.4. The summed E-state index contributed by atoms with van der Waals surface area (Å²) in [4.78, 5) is 26.6. The summed E-state index contributed by atoms with van der Waals surface area (Å²) in [7, 11) is 0. The van der Waals surface area contributed by atoms with E-state index >= 15 is 0 Å². The highest BCUT2D eigenvalue weighted by atomic mass is 16.8. The summed E-state index contributed by atoms with van der Waals surface area (Å²) in [6.07, 6.45) is -34.9. The first-order chi connectivity index (χ1) is 39.7. The number of aliphatic carboxylic acids is 1. The quantitative estimate of drug-likeness (QED) is 0.0387. The monoisotopic (exact) mass is 1220 g/mol. The first kappa shape index (κ1) is 66.9. The van der Waals surface area contributed by atoms with Gasteiger partial charge in [0.25, 0.3) is 0 Å². The predicted molar refractivity (Wildman–Crippen MR) is 289 cm³/mol. The van der Waals surface area contributed by atoms with E-state index in [-0.39, 0.29) is 18.3 Å². The molecule has 0 amide bonds. The zero-order valence-electron chi connectivity index (χ0n) is 50.0. The van der Waals surface area contributed by atoms with E-state index in [2.05, 4.69) is 33.8 Å². The summed E-state index contributed by atoms with van der Waals surface area (Å²) >= 11 is 0. The topological polar surface area (TPSA) is 421 Å². The van der Waals surface area contributed by atoms with Crippen LogP contribution in [0.1, 0.15) is 114 Å². The van der Waals surface area contributed by atoms with Crippen LogP contribution in [0.4, 0.5) is 0 Å². The van der Waals surface area contributed by atoms with Crippen LogP contribution in [-0.4, -0.2) is 256 Å². The molecule has 26 heteroatoms. The number of aliphatic hydroxyl groups excluding tert-OH is 14. The number of rotatable bonds is 14. The molecule has 15 N–H and O–H groups in total. The molecule has 4 saturated carbocycles. The number of hydrogen-bond acceptors (Lipinski definition) is 25. The summed E-state index contributed by atoms with van der Waals surface area (Å²) in [6.45, 7) is 16.9. The van der Waals surface area contributed by atoms with Gasteiger partial charge in [0.15, 0.2) is 31.3 Å². The van der Waals surface area contributed by atoms with Crippen molar-refractivity contribution in [1.29, 1.82) is 0 Å². The van der Waals surface area contributed by atoms with Crippen molar-refractivity contribution in [3.05, 3.63) is 23.3 Å². The van der Waals surface area contributed by atoms with Gasteiger partial charge in [0, 0.05) is 11.0 Å². The SMILES string of the molecule is C/C=C(/C)C(=O)O[C@H]1CC(C)(C)C[C@H]2C3=CC[C@@H]4[C@@]5(C)CC[C@H](O[C@@H]6O[C@H](C(=O)O)[C@@H](O)[C@H](O[C@@H]7O[C@H](CO)[C@H](O[C@@H]8O[C@@H](C)[C@H](O)[C@@H](O)[C@H]8O)[C@H](O)[C@H]7O)[C@H]6O[C@@H]6O[C@H](CO)[C@@H](O)[C@H](O)[C@H]6O)C(C)(C)[C@@H]5CC[C@@]4(C)[C@]3(C)[C@@H](O)[C@@H](O)[C@@]12CO. The minimum atomic E-state index is -2.26. The average Bonchev–Trinajstić information content (AvgIpc) is 0.673. The van der Waals surface area contributed by atoms with Crippen LogP contribution in [0.15, 0.2) is 23.3 Å². The Bertz CT molecular complexity index is 2460. The molecule has 26 nitrogen and oxygen atoms in total. The lowest BCUT2D eigenvalue weighted by Crippen LogP contribution is -2.74. The van der Waals surface area contributed by atoms with Crippen molar-refractivity contribution in [2.75, 3.05) is 19.8 Å². The lowest BCUT2D eigenvalue weighted by atomic mass is 9.32. The fourth-order valence-electron chi connectivity index (χ4n) is 17.4. The van der Waals surface area contributed by atoms with Crippen molar-refractivity contribution in [3.8, 4) is 0 Å². The Balaban J connectivity index is 1.02. The molecule has 4 saturated heterocycles. The van der Waals surface area contributed by atoms with E-state index < -0.39 is 217 Å². The molecule has 0 bridgehead atoms. The molecule has 31 atom stereocenters. The second-order valence-corrected chi connectivity index (χ2v) is 27.9. The zero-order chi connectivity index (χ0) is 62.7. The molecule has 0 aromatic rings. The van der Waals surface area contributed by atoms with Crippen LogP contribution in [-0.2, 0) is 52.2 Å². The van der Waals surface area contributed by atoms with Crippen molar-refractivity contribution < 1.29 is 129 Å². The number of carbonyl (C=O) groups is 2. The second kappa shape index (κ2) is 24.3. The first-order valence-corrected chi connectivity index (χ1v) is 30.0. The third-order valence-electron chi connectivity index (χ3n) is 22.6.